The first kappa shape index (κ1) is 13.4. The Hall–Kier alpha value is -2.08. The first-order valence-corrected chi connectivity index (χ1v) is 6.77. The number of nitrogens with one attached hydrogen (secondary N) is 1. The molecule has 1 aromatic carbocycles. The number of anilines is 2. The van der Waals surface area contributed by atoms with Gasteiger partial charge in [-0.25, -0.2) is 4.98 Å². The summed E-state index contributed by atoms with van der Waals surface area (Å²) in [4.78, 5) is 4.02. The molecule has 100 valence electrons. The molecule has 2 rings (SSSR count). The standard InChI is InChI=1S/C13H16N4OS/c1-8(2)9-3-4-11(18)10(5-9)6-15-17-13-16-12(14)7-19-13/h3-8,18H,14H2,1-2H3,(H,16,17). The molecule has 1 aromatic heterocycles. The maximum Gasteiger partial charge on any atom is 0.205 e. The van der Waals surface area contributed by atoms with E-state index in [2.05, 4.69) is 29.4 Å². The highest BCUT2D eigenvalue weighted by Crippen LogP contribution is 2.22. The molecular weight excluding hydrogens is 260 g/mol. The fourth-order valence-corrected chi connectivity index (χ4v) is 2.08. The molecule has 2 aromatic rings. The zero-order valence-electron chi connectivity index (χ0n) is 10.8. The molecule has 5 nitrogen and oxygen atoms in total. The van der Waals surface area contributed by atoms with Crippen LogP contribution in [0.4, 0.5) is 10.9 Å². The number of nitrogen functional groups attached to an aromatic ring is 1. The van der Waals surface area contributed by atoms with E-state index in [1.54, 1.807) is 17.7 Å². The van der Waals surface area contributed by atoms with Crippen LogP contribution in [0.2, 0.25) is 0 Å². The zero-order valence-corrected chi connectivity index (χ0v) is 11.6. The van der Waals surface area contributed by atoms with E-state index in [4.69, 9.17) is 5.73 Å². The van der Waals surface area contributed by atoms with Gasteiger partial charge < -0.3 is 10.8 Å². The van der Waals surface area contributed by atoms with E-state index >= 15 is 0 Å². The molecule has 0 aliphatic rings. The first-order valence-electron chi connectivity index (χ1n) is 5.89. The second-order valence-corrected chi connectivity index (χ2v) is 5.28. The van der Waals surface area contributed by atoms with Crippen molar-refractivity contribution in [2.24, 2.45) is 5.10 Å². The van der Waals surface area contributed by atoms with Crippen LogP contribution < -0.4 is 11.2 Å². The summed E-state index contributed by atoms with van der Waals surface area (Å²) >= 11 is 1.37. The Labute approximate surface area is 115 Å². The van der Waals surface area contributed by atoms with Gasteiger partial charge in [0.05, 0.1) is 6.21 Å². The monoisotopic (exact) mass is 276 g/mol. The van der Waals surface area contributed by atoms with Gasteiger partial charge in [0.15, 0.2) is 0 Å². The Bertz CT molecular complexity index is 592. The zero-order chi connectivity index (χ0) is 13.8. The fourth-order valence-electron chi connectivity index (χ4n) is 1.53. The summed E-state index contributed by atoms with van der Waals surface area (Å²) in [6, 6.07) is 5.51. The summed E-state index contributed by atoms with van der Waals surface area (Å²) in [5, 5.41) is 16.2. The molecule has 0 aliphatic heterocycles. The van der Waals surface area contributed by atoms with Gasteiger partial charge in [0, 0.05) is 10.9 Å². The van der Waals surface area contributed by atoms with Crippen LogP contribution >= 0.6 is 11.3 Å². The van der Waals surface area contributed by atoms with Crippen molar-refractivity contribution in [1.82, 2.24) is 4.98 Å². The lowest BCUT2D eigenvalue weighted by Crippen LogP contribution is -1.94. The number of hydrogen-bond acceptors (Lipinski definition) is 6. The van der Waals surface area contributed by atoms with Gasteiger partial charge in [0.1, 0.15) is 11.6 Å². The molecule has 0 saturated heterocycles. The Morgan fingerprint density at radius 1 is 1.47 bits per heavy atom. The average Bonchev–Trinajstić information content (AvgIpc) is 2.77. The van der Waals surface area contributed by atoms with Gasteiger partial charge in [0.2, 0.25) is 5.13 Å². The summed E-state index contributed by atoms with van der Waals surface area (Å²) in [6.45, 7) is 4.20. The van der Waals surface area contributed by atoms with Crippen LogP contribution in [-0.2, 0) is 0 Å². The number of rotatable bonds is 4. The van der Waals surface area contributed by atoms with Crippen molar-refractivity contribution in [2.75, 3.05) is 11.2 Å². The van der Waals surface area contributed by atoms with Crippen LogP contribution in [0.1, 0.15) is 30.9 Å². The van der Waals surface area contributed by atoms with Crippen molar-refractivity contribution in [2.45, 2.75) is 19.8 Å². The normalized spacial score (nSPS) is 11.3. The Kier molecular flexibility index (Phi) is 4.01. The van der Waals surface area contributed by atoms with Crippen molar-refractivity contribution in [3.63, 3.8) is 0 Å². The minimum atomic E-state index is 0.202. The van der Waals surface area contributed by atoms with Gasteiger partial charge in [0.25, 0.3) is 0 Å². The highest BCUT2D eigenvalue weighted by molar-refractivity contribution is 7.14. The number of nitrogens with zero attached hydrogens (tertiary/aromatic N) is 2. The summed E-state index contributed by atoms with van der Waals surface area (Å²) < 4.78 is 0. The van der Waals surface area contributed by atoms with Gasteiger partial charge in [-0.1, -0.05) is 19.9 Å². The lowest BCUT2D eigenvalue weighted by molar-refractivity contribution is 0.474. The smallest absolute Gasteiger partial charge is 0.205 e. The molecule has 0 radical (unpaired) electrons. The number of phenols is 1. The van der Waals surface area contributed by atoms with Crippen LogP contribution in [-0.4, -0.2) is 16.3 Å². The molecule has 4 N–H and O–H groups in total. The number of hydrogen-bond donors (Lipinski definition) is 3. The second kappa shape index (κ2) is 5.71. The summed E-state index contributed by atoms with van der Waals surface area (Å²) in [5.41, 5.74) is 10.1. The molecule has 0 aliphatic carbocycles. The molecule has 0 amide bonds. The predicted molar refractivity (Wildman–Crippen MR) is 79.9 cm³/mol. The van der Waals surface area contributed by atoms with Crippen LogP contribution in [0.3, 0.4) is 0 Å². The van der Waals surface area contributed by atoms with E-state index in [1.165, 1.54) is 11.3 Å². The molecule has 0 bridgehead atoms. The van der Waals surface area contributed by atoms with Crippen molar-refractivity contribution >= 4 is 28.5 Å². The highest BCUT2D eigenvalue weighted by Gasteiger charge is 2.04. The van der Waals surface area contributed by atoms with Crippen molar-refractivity contribution in [1.29, 1.82) is 0 Å². The molecule has 0 saturated carbocycles. The summed E-state index contributed by atoms with van der Waals surface area (Å²) in [7, 11) is 0. The fraction of sp³-hybridized carbons (Fsp3) is 0.231. The van der Waals surface area contributed by atoms with Crippen LogP contribution in [0.15, 0.2) is 28.7 Å². The topological polar surface area (TPSA) is 83.5 Å². The number of hydrazone groups is 1. The van der Waals surface area contributed by atoms with E-state index in [0.29, 0.717) is 22.4 Å². The quantitative estimate of drug-likeness (QED) is 0.592. The van der Waals surface area contributed by atoms with Crippen LogP contribution in [0.5, 0.6) is 5.75 Å². The predicted octanol–water partition coefficient (Wildman–Crippen LogP) is 3.00. The van der Waals surface area contributed by atoms with Gasteiger partial charge in [-0.05, 0) is 23.6 Å². The van der Waals surface area contributed by atoms with E-state index in [0.717, 1.165) is 5.56 Å². The van der Waals surface area contributed by atoms with E-state index in [-0.39, 0.29) is 5.75 Å². The van der Waals surface area contributed by atoms with E-state index < -0.39 is 0 Å². The van der Waals surface area contributed by atoms with E-state index in [1.807, 2.05) is 12.1 Å². The first-order chi connectivity index (χ1) is 9.06. The molecule has 19 heavy (non-hydrogen) atoms. The highest BCUT2D eigenvalue weighted by atomic mass is 32.1. The molecular formula is C13H16N4OS. The lowest BCUT2D eigenvalue weighted by atomic mass is 10.0. The number of phenolic OH excluding ortho intramolecular Hbond substituents is 1. The lowest BCUT2D eigenvalue weighted by Gasteiger charge is -2.07. The number of aromatic hydroxyl groups is 1. The third kappa shape index (κ3) is 3.45. The Morgan fingerprint density at radius 3 is 2.89 bits per heavy atom. The Morgan fingerprint density at radius 2 is 2.26 bits per heavy atom. The molecule has 0 spiro atoms. The number of benzene rings is 1. The van der Waals surface area contributed by atoms with Crippen molar-refractivity contribution in [3.8, 4) is 5.75 Å². The summed E-state index contributed by atoms with van der Waals surface area (Å²) in [5.74, 6) is 1.07. The van der Waals surface area contributed by atoms with Crippen molar-refractivity contribution in [3.05, 3.63) is 34.7 Å². The maximum absolute atomic E-state index is 9.77. The molecule has 0 unspecified atom stereocenters. The van der Waals surface area contributed by atoms with Crippen LogP contribution in [0, 0.1) is 0 Å². The molecule has 6 heteroatoms. The number of aromatic nitrogens is 1. The minimum Gasteiger partial charge on any atom is -0.507 e. The second-order valence-electron chi connectivity index (χ2n) is 4.42. The molecule has 0 fully saturated rings. The van der Waals surface area contributed by atoms with Gasteiger partial charge >= 0.3 is 0 Å². The van der Waals surface area contributed by atoms with Gasteiger partial charge in [-0.2, -0.15) is 5.10 Å². The minimum absolute atomic E-state index is 0.202. The van der Waals surface area contributed by atoms with Gasteiger partial charge in [-0.3, -0.25) is 5.43 Å². The molecule has 1 heterocycles. The average molecular weight is 276 g/mol. The Balaban J connectivity index is 2.11. The van der Waals surface area contributed by atoms with Crippen molar-refractivity contribution < 1.29 is 5.11 Å². The largest absolute Gasteiger partial charge is 0.507 e. The SMILES string of the molecule is CC(C)c1ccc(O)c(C=NNc2nc(N)cs2)c1. The molecule has 0 atom stereocenters. The van der Waals surface area contributed by atoms with E-state index in [9.17, 15) is 5.11 Å². The maximum atomic E-state index is 9.77. The number of thiazole rings is 1. The number of nitrogens with two attached hydrogens (primary N) is 1. The van der Waals surface area contributed by atoms with Crippen LogP contribution in [0.25, 0.3) is 0 Å². The summed E-state index contributed by atoms with van der Waals surface area (Å²) in [6.07, 6.45) is 1.57. The third-order valence-electron chi connectivity index (χ3n) is 2.60. The van der Waals surface area contributed by atoms with Gasteiger partial charge in [-0.15, -0.1) is 11.3 Å². The third-order valence-corrected chi connectivity index (χ3v) is 3.37.